The highest BCUT2D eigenvalue weighted by atomic mass is 16.4. The van der Waals surface area contributed by atoms with Gasteiger partial charge in [-0.25, -0.2) is 4.79 Å². The van der Waals surface area contributed by atoms with Crippen molar-refractivity contribution in [2.45, 2.75) is 39.3 Å². The summed E-state index contributed by atoms with van der Waals surface area (Å²) in [6.45, 7) is 8.24. The molecular formula is C32H35N5O3. The first-order valence-electron chi connectivity index (χ1n) is 13.8. The SMILES string of the molecule is Cc1ccc(C[C@@H](C(=O)N2CC3(CN(C(=O)O)C3)C2)n2c(=N)n(C(C)c3ccc(C)cc3)c3ccccc32)cc1. The monoisotopic (exact) mass is 537 g/mol. The van der Waals surface area contributed by atoms with Gasteiger partial charge >= 0.3 is 6.09 Å². The number of carbonyl (C=O) groups excluding carboxylic acids is 1. The minimum atomic E-state index is -0.905. The summed E-state index contributed by atoms with van der Waals surface area (Å²) in [5, 5.41) is 18.7. The van der Waals surface area contributed by atoms with Gasteiger partial charge in [-0.05, 0) is 44.0 Å². The van der Waals surface area contributed by atoms with Gasteiger partial charge in [0.2, 0.25) is 11.5 Å². The first kappa shape index (κ1) is 25.9. The van der Waals surface area contributed by atoms with Crippen LogP contribution in [0.1, 0.15) is 41.3 Å². The predicted molar refractivity (Wildman–Crippen MR) is 153 cm³/mol. The number of amides is 2. The van der Waals surface area contributed by atoms with Crippen LogP contribution in [-0.2, 0) is 11.2 Å². The third-order valence-corrected chi connectivity index (χ3v) is 8.64. The number of aryl methyl sites for hydroxylation is 2. The third kappa shape index (κ3) is 4.37. The number of rotatable bonds is 6. The first-order valence-corrected chi connectivity index (χ1v) is 13.8. The largest absolute Gasteiger partial charge is 0.465 e. The Balaban J connectivity index is 1.40. The second-order valence-electron chi connectivity index (χ2n) is 11.7. The Hall–Kier alpha value is -4.33. The van der Waals surface area contributed by atoms with Crippen LogP contribution in [0.4, 0.5) is 4.79 Å². The Kier molecular flexibility index (Phi) is 6.28. The molecule has 2 saturated heterocycles. The van der Waals surface area contributed by atoms with E-state index in [0.717, 1.165) is 27.7 Å². The highest BCUT2D eigenvalue weighted by molar-refractivity contribution is 5.85. The maximum atomic E-state index is 14.2. The van der Waals surface area contributed by atoms with Crippen molar-refractivity contribution in [1.29, 1.82) is 5.41 Å². The molecule has 2 fully saturated rings. The molecule has 2 atom stereocenters. The van der Waals surface area contributed by atoms with Gasteiger partial charge in [0.1, 0.15) is 6.04 Å². The van der Waals surface area contributed by atoms with Gasteiger partial charge in [-0.1, -0.05) is 71.8 Å². The Morgan fingerprint density at radius 2 is 1.35 bits per heavy atom. The molecule has 0 aliphatic carbocycles. The number of carbonyl (C=O) groups is 2. The van der Waals surface area contributed by atoms with Crippen LogP contribution in [-0.4, -0.2) is 62.2 Å². The molecule has 8 nitrogen and oxygen atoms in total. The molecule has 206 valence electrons. The Morgan fingerprint density at radius 3 is 1.93 bits per heavy atom. The Bertz CT molecular complexity index is 1640. The zero-order valence-corrected chi connectivity index (χ0v) is 23.2. The summed E-state index contributed by atoms with van der Waals surface area (Å²) in [5.74, 6) is -0.0237. The van der Waals surface area contributed by atoms with E-state index in [1.165, 1.54) is 10.5 Å². The summed E-state index contributed by atoms with van der Waals surface area (Å²) in [6.07, 6.45) is -0.439. The second-order valence-corrected chi connectivity index (χ2v) is 11.7. The van der Waals surface area contributed by atoms with E-state index in [9.17, 15) is 20.1 Å². The lowest BCUT2D eigenvalue weighted by Crippen LogP contribution is -2.74. The van der Waals surface area contributed by atoms with Crippen LogP contribution >= 0.6 is 0 Å². The standard InChI is InChI=1S/C32H35N5O3/c1-21-8-12-24(13-9-21)16-28(29(38)34-17-32(18-34)19-35(20-32)31(39)40)37-27-7-5-4-6-26(27)36(30(37)33)23(3)25-14-10-22(2)11-15-25/h4-15,23,28,33H,16-20H2,1-3H3,(H,39,40)/t23?,28-/m0/s1. The minimum absolute atomic E-state index is 0.0237. The van der Waals surface area contributed by atoms with Gasteiger partial charge in [-0.15, -0.1) is 0 Å². The molecule has 0 radical (unpaired) electrons. The number of aromatic nitrogens is 2. The molecule has 0 bridgehead atoms. The number of carboxylic acid groups (broad SMARTS) is 1. The van der Waals surface area contributed by atoms with Crippen molar-refractivity contribution in [2.24, 2.45) is 5.41 Å². The average molecular weight is 538 g/mol. The van der Waals surface area contributed by atoms with Gasteiger partial charge < -0.3 is 19.5 Å². The smallest absolute Gasteiger partial charge is 0.407 e. The molecule has 4 aromatic rings. The van der Waals surface area contributed by atoms with E-state index in [0.29, 0.717) is 32.6 Å². The fourth-order valence-electron chi connectivity index (χ4n) is 6.38. The van der Waals surface area contributed by atoms with Gasteiger partial charge in [-0.2, -0.15) is 0 Å². The fraction of sp³-hybridized carbons (Fsp3) is 0.344. The van der Waals surface area contributed by atoms with Crippen LogP contribution in [0, 0.1) is 24.7 Å². The maximum Gasteiger partial charge on any atom is 0.407 e. The third-order valence-electron chi connectivity index (χ3n) is 8.64. The number of likely N-dealkylation sites (tertiary alicyclic amines) is 2. The van der Waals surface area contributed by atoms with Crippen molar-refractivity contribution in [3.8, 4) is 0 Å². The van der Waals surface area contributed by atoms with Crippen molar-refractivity contribution in [3.63, 3.8) is 0 Å². The van der Waals surface area contributed by atoms with Crippen LogP contribution < -0.4 is 5.62 Å². The molecule has 3 heterocycles. The molecule has 1 spiro atoms. The van der Waals surface area contributed by atoms with E-state index in [4.69, 9.17) is 0 Å². The molecule has 40 heavy (non-hydrogen) atoms. The van der Waals surface area contributed by atoms with Gasteiger partial charge in [0.05, 0.1) is 17.1 Å². The summed E-state index contributed by atoms with van der Waals surface area (Å²) < 4.78 is 3.92. The number of para-hydroxylation sites is 2. The predicted octanol–water partition coefficient (Wildman–Crippen LogP) is 4.75. The van der Waals surface area contributed by atoms with Crippen LogP contribution in [0.15, 0.2) is 72.8 Å². The van der Waals surface area contributed by atoms with Gasteiger partial charge in [0.15, 0.2) is 0 Å². The molecule has 2 N–H and O–H groups in total. The van der Waals surface area contributed by atoms with E-state index in [2.05, 4.69) is 62.4 Å². The lowest BCUT2D eigenvalue weighted by Gasteiger charge is -2.59. The molecule has 1 unspecified atom stereocenters. The van der Waals surface area contributed by atoms with Crippen molar-refractivity contribution < 1.29 is 14.7 Å². The first-order chi connectivity index (χ1) is 19.2. The molecule has 3 aromatic carbocycles. The maximum absolute atomic E-state index is 14.2. The zero-order chi connectivity index (χ0) is 28.2. The Labute approximate surface area is 233 Å². The highest BCUT2D eigenvalue weighted by Crippen LogP contribution is 2.41. The van der Waals surface area contributed by atoms with Crippen molar-refractivity contribution in [3.05, 3.63) is 101 Å². The van der Waals surface area contributed by atoms with Gasteiger partial charge in [0.25, 0.3) is 0 Å². The number of nitrogens with one attached hydrogen (secondary N) is 1. The van der Waals surface area contributed by atoms with E-state index < -0.39 is 12.1 Å². The number of hydrogen-bond donors (Lipinski definition) is 2. The van der Waals surface area contributed by atoms with Gasteiger partial charge in [-0.3, -0.25) is 14.8 Å². The lowest BCUT2D eigenvalue weighted by atomic mass is 9.72. The van der Waals surface area contributed by atoms with Crippen LogP contribution in [0.25, 0.3) is 11.0 Å². The molecule has 0 saturated carbocycles. The number of hydrogen-bond acceptors (Lipinski definition) is 3. The molecular weight excluding hydrogens is 502 g/mol. The molecule has 1 aromatic heterocycles. The minimum Gasteiger partial charge on any atom is -0.465 e. The Morgan fingerprint density at radius 1 is 0.825 bits per heavy atom. The van der Waals surface area contributed by atoms with Gasteiger partial charge in [0, 0.05) is 38.0 Å². The lowest BCUT2D eigenvalue weighted by molar-refractivity contribution is -0.158. The number of nitrogens with zero attached hydrogens (tertiary/aromatic N) is 4. The normalized spacial score (nSPS) is 17.4. The number of benzene rings is 3. The number of fused-ring (bicyclic) bond motifs is 1. The molecule has 2 aliphatic rings. The summed E-state index contributed by atoms with van der Waals surface area (Å²) in [6, 6.07) is 23.9. The summed E-state index contributed by atoms with van der Waals surface area (Å²) >= 11 is 0. The quantitative estimate of drug-likeness (QED) is 0.372. The topological polar surface area (TPSA) is 94.6 Å². The van der Waals surface area contributed by atoms with Crippen molar-refractivity contribution in [1.82, 2.24) is 18.9 Å². The fourth-order valence-corrected chi connectivity index (χ4v) is 6.38. The second kappa shape index (κ2) is 9.70. The van der Waals surface area contributed by atoms with E-state index >= 15 is 0 Å². The molecule has 6 rings (SSSR count). The van der Waals surface area contributed by atoms with E-state index in [-0.39, 0.29) is 23.0 Å². The zero-order valence-electron chi connectivity index (χ0n) is 23.2. The van der Waals surface area contributed by atoms with Crippen LogP contribution in [0.5, 0.6) is 0 Å². The molecule has 8 heteroatoms. The van der Waals surface area contributed by atoms with Crippen molar-refractivity contribution in [2.75, 3.05) is 26.2 Å². The summed E-state index contributed by atoms with van der Waals surface area (Å²) in [7, 11) is 0. The van der Waals surface area contributed by atoms with E-state index in [1.54, 1.807) is 0 Å². The highest BCUT2D eigenvalue weighted by Gasteiger charge is 2.55. The average Bonchev–Trinajstić information content (AvgIpc) is 3.18. The molecule has 2 amide bonds. The van der Waals surface area contributed by atoms with Crippen LogP contribution in [0.2, 0.25) is 0 Å². The van der Waals surface area contributed by atoms with Crippen LogP contribution in [0.3, 0.4) is 0 Å². The summed E-state index contributed by atoms with van der Waals surface area (Å²) in [5.41, 5.74) is 6.40. The number of imidazole rings is 1. The van der Waals surface area contributed by atoms with E-state index in [1.807, 2.05) is 45.2 Å². The summed E-state index contributed by atoms with van der Waals surface area (Å²) in [4.78, 5) is 28.8. The van der Waals surface area contributed by atoms with Crippen molar-refractivity contribution >= 4 is 23.0 Å². The molecule has 2 aliphatic heterocycles.